The first-order valence-electron chi connectivity index (χ1n) is 18.3. The van der Waals surface area contributed by atoms with Gasteiger partial charge in [-0.1, -0.05) is 25.0 Å². The second kappa shape index (κ2) is 17.7. The molecule has 15 nitrogen and oxygen atoms in total. The van der Waals surface area contributed by atoms with E-state index in [9.17, 15) is 33.0 Å². The highest BCUT2D eigenvalue weighted by molar-refractivity contribution is 7.91. The van der Waals surface area contributed by atoms with Crippen LogP contribution in [0, 0.1) is 6.92 Å². The summed E-state index contributed by atoms with van der Waals surface area (Å²) in [6.07, 6.45) is 3.68. The molecule has 0 aliphatic carbocycles. The number of carbonyl (C=O) groups excluding carboxylic acids is 3. The Bertz CT molecular complexity index is 2440. The second-order valence-electron chi connectivity index (χ2n) is 13.5. The van der Waals surface area contributed by atoms with Gasteiger partial charge in [0.15, 0.2) is 12.4 Å². The first kappa shape index (κ1) is 40.4. The number of aromatic hydroxyl groups is 1. The molecule has 16 heteroatoms. The highest BCUT2D eigenvalue weighted by atomic mass is 32.2. The van der Waals surface area contributed by atoms with Crippen LogP contribution in [0.3, 0.4) is 0 Å². The quantitative estimate of drug-likeness (QED) is 0.0493. The predicted octanol–water partition coefficient (Wildman–Crippen LogP) is 4.88. The van der Waals surface area contributed by atoms with Crippen molar-refractivity contribution < 1.29 is 42.5 Å². The summed E-state index contributed by atoms with van der Waals surface area (Å²) < 4.78 is 38.9. The van der Waals surface area contributed by atoms with Crippen molar-refractivity contribution in [3.8, 4) is 17.2 Å². The van der Waals surface area contributed by atoms with Crippen LogP contribution in [-0.4, -0.2) is 74.7 Å². The summed E-state index contributed by atoms with van der Waals surface area (Å²) in [5.74, 6) is -0.843. The summed E-state index contributed by atoms with van der Waals surface area (Å²) in [4.78, 5) is 41.5. The van der Waals surface area contributed by atoms with Crippen LogP contribution in [0.1, 0.15) is 63.6 Å². The number of rotatable bonds is 17. The molecule has 0 saturated carbocycles. The lowest BCUT2D eigenvalue weighted by Gasteiger charge is -2.23. The number of amides is 3. The van der Waals surface area contributed by atoms with Crippen molar-refractivity contribution in [2.24, 2.45) is 5.73 Å². The van der Waals surface area contributed by atoms with E-state index in [1.165, 1.54) is 49.7 Å². The number of aliphatic hydroxyl groups is 1. The summed E-state index contributed by atoms with van der Waals surface area (Å²) in [6, 6.07) is 18.8. The predicted molar refractivity (Wildman–Crippen MR) is 214 cm³/mol. The minimum Gasteiger partial charge on any atom is -0.506 e. The number of nitrogens with two attached hydrogens (primary N) is 1. The number of hydrogen-bond acceptors (Lipinski definition) is 12. The zero-order valence-corrected chi connectivity index (χ0v) is 32.2. The lowest BCUT2D eigenvalue weighted by atomic mass is 10.0. The maximum Gasteiger partial charge on any atom is 0.262 e. The molecule has 0 bridgehead atoms. The van der Waals surface area contributed by atoms with Crippen LogP contribution in [0.4, 0.5) is 17.1 Å². The number of benzene rings is 4. The van der Waals surface area contributed by atoms with Crippen molar-refractivity contribution in [2.45, 2.75) is 48.5 Å². The van der Waals surface area contributed by atoms with E-state index in [4.69, 9.17) is 15.2 Å². The van der Waals surface area contributed by atoms with Crippen LogP contribution >= 0.6 is 0 Å². The smallest absolute Gasteiger partial charge is 0.262 e. The van der Waals surface area contributed by atoms with Gasteiger partial charge in [-0.3, -0.25) is 19.4 Å². The van der Waals surface area contributed by atoms with Crippen LogP contribution < -0.4 is 36.5 Å². The number of carbonyl (C=O) groups is 3. The molecule has 1 atom stereocenters. The summed E-state index contributed by atoms with van der Waals surface area (Å²) in [5, 5.41) is 32.9. The van der Waals surface area contributed by atoms with Crippen molar-refractivity contribution in [2.75, 3.05) is 44.0 Å². The molecule has 4 aromatic carbocycles. The molecule has 1 aliphatic heterocycles. The number of anilines is 3. The molecule has 1 aromatic heterocycles. The number of aromatic nitrogens is 1. The SMILES string of the molecule is COc1cccc(Nc2c(C(N)=O)cnc3c(C)cc(S(=O)(=O)c4cccc(C(=O)NCCCCCCNC[C@H](O)c5ccc(O)c6c5OCC(=O)N6)c4)cc23)c1. The fourth-order valence-corrected chi connectivity index (χ4v) is 7.95. The standard InChI is InChI=1S/C41H44N6O9S/c1-24-17-29(20-31-36(24)45-21-32(40(42)51)37(31)46-26-10-8-11-27(19-26)55-2)57(53,54)28-12-7-9-25(18-28)41(52)44-16-6-4-3-5-15-43-22-34(49)30-13-14-33(48)38-39(30)56-23-35(50)47-38/h7-14,17-21,34,43,48-49H,3-6,15-16,22-23H2,1-2H3,(H2,42,51)(H,44,52)(H,45,46)(H,47,50)/t34-/m0/s1. The van der Waals surface area contributed by atoms with Crippen LogP contribution in [0.25, 0.3) is 10.9 Å². The van der Waals surface area contributed by atoms with Crippen LogP contribution in [-0.2, 0) is 14.6 Å². The molecule has 0 spiro atoms. The number of primary amides is 1. The largest absolute Gasteiger partial charge is 0.506 e. The Kier molecular flexibility index (Phi) is 12.6. The number of fused-ring (bicyclic) bond motifs is 2. The highest BCUT2D eigenvalue weighted by Crippen LogP contribution is 2.41. The van der Waals surface area contributed by atoms with Crippen molar-refractivity contribution in [3.05, 3.63) is 101 Å². The van der Waals surface area contributed by atoms with E-state index in [2.05, 4.69) is 26.3 Å². The molecule has 3 amide bonds. The average molecular weight is 797 g/mol. The molecule has 298 valence electrons. The Labute approximate surface area is 329 Å². The highest BCUT2D eigenvalue weighted by Gasteiger charge is 2.26. The molecule has 0 radical (unpaired) electrons. The van der Waals surface area contributed by atoms with Gasteiger partial charge in [0.1, 0.15) is 17.2 Å². The summed E-state index contributed by atoms with van der Waals surface area (Å²) >= 11 is 0. The van der Waals surface area contributed by atoms with Crippen molar-refractivity contribution in [1.82, 2.24) is 15.6 Å². The number of nitrogens with zero attached hydrogens (tertiary/aromatic N) is 1. The van der Waals surface area contributed by atoms with Gasteiger partial charge in [-0.2, -0.15) is 0 Å². The van der Waals surface area contributed by atoms with E-state index >= 15 is 0 Å². The van der Waals surface area contributed by atoms with E-state index in [1.54, 1.807) is 43.3 Å². The van der Waals surface area contributed by atoms with E-state index in [-0.39, 0.29) is 57.2 Å². The van der Waals surface area contributed by atoms with Gasteiger partial charge in [0.25, 0.3) is 17.7 Å². The Morgan fingerprint density at radius 3 is 2.54 bits per heavy atom. The van der Waals surface area contributed by atoms with Crippen molar-refractivity contribution in [1.29, 1.82) is 0 Å². The van der Waals surface area contributed by atoms with Crippen molar-refractivity contribution in [3.63, 3.8) is 0 Å². The molecule has 0 saturated heterocycles. The molecular weight excluding hydrogens is 753 g/mol. The van der Waals surface area contributed by atoms with Crippen LogP contribution in [0.5, 0.6) is 17.2 Å². The molecule has 5 aromatic rings. The van der Waals surface area contributed by atoms with Gasteiger partial charge in [-0.05, 0) is 86.5 Å². The van der Waals surface area contributed by atoms with Crippen LogP contribution in [0.15, 0.2) is 88.8 Å². The molecular formula is C41H44N6O9S. The number of aryl methyl sites for hydroxylation is 1. The molecule has 57 heavy (non-hydrogen) atoms. The minimum absolute atomic E-state index is 0.0468. The monoisotopic (exact) mass is 796 g/mol. The van der Waals surface area contributed by atoms with Gasteiger partial charge >= 0.3 is 0 Å². The first-order valence-corrected chi connectivity index (χ1v) is 19.8. The fourth-order valence-electron chi connectivity index (χ4n) is 6.53. The van der Waals surface area contributed by atoms with Gasteiger partial charge in [-0.15, -0.1) is 0 Å². The van der Waals surface area contributed by atoms with Crippen molar-refractivity contribution >= 4 is 55.5 Å². The lowest BCUT2D eigenvalue weighted by molar-refractivity contribution is -0.118. The first-order chi connectivity index (χ1) is 27.4. The molecule has 8 N–H and O–H groups in total. The average Bonchev–Trinajstić information content (AvgIpc) is 3.20. The fraction of sp³-hybridized carbons (Fsp3) is 0.268. The number of phenolic OH excluding ortho intramolecular Hbond substituents is 1. The minimum atomic E-state index is -4.14. The second-order valence-corrected chi connectivity index (χ2v) is 15.5. The Hall–Kier alpha value is -6.23. The number of pyridine rings is 1. The normalized spacial score (nSPS) is 12.9. The number of aliphatic hydroxyl groups excluding tert-OH is 1. The maximum atomic E-state index is 14.0. The van der Waals surface area contributed by atoms with E-state index < -0.39 is 27.8 Å². The zero-order valence-electron chi connectivity index (χ0n) is 31.4. The molecule has 0 unspecified atom stereocenters. The van der Waals surface area contributed by atoms with Gasteiger partial charge in [0, 0.05) is 47.6 Å². The summed E-state index contributed by atoms with van der Waals surface area (Å²) in [5.41, 5.74) is 8.49. The zero-order chi connectivity index (χ0) is 40.7. The topological polar surface area (TPSA) is 231 Å². The number of ether oxygens (including phenoxy) is 2. The van der Waals surface area contributed by atoms with Gasteiger partial charge in [0.05, 0.1) is 39.8 Å². The van der Waals surface area contributed by atoms with Gasteiger partial charge < -0.3 is 46.7 Å². The third kappa shape index (κ3) is 9.26. The number of hydrogen-bond donors (Lipinski definition) is 7. The molecule has 1 aliphatic rings. The van der Waals surface area contributed by atoms with E-state index in [0.29, 0.717) is 58.7 Å². The Balaban J connectivity index is 1.03. The number of unbranched alkanes of at least 4 members (excludes halogenated alkanes) is 3. The number of nitrogens with one attached hydrogen (secondary N) is 4. The number of phenols is 1. The number of methoxy groups -OCH3 is 1. The van der Waals surface area contributed by atoms with Gasteiger partial charge in [-0.25, -0.2) is 8.42 Å². The third-order valence-electron chi connectivity index (χ3n) is 9.50. The summed E-state index contributed by atoms with van der Waals surface area (Å²) in [6.45, 7) is 2.81. The van der Waals surface area contributed by atoms with Gasteiger partial charge in [0.2, 0.25) is 9.84 Å². The Morgan fingerprint density at radius 1 is 1.00 bits per heavy atom. The lowest BCUT2D eigenvalue weighted by Crippen LogP contribution is -2.28. The molecule has 2 heterocycles. The maximum absolute atomic E-state index is 14.0. The third-order valence-corrected chi connectivity index (χ3v) is 11.2. The van der Waals surface area contributed by atoms with E-state index in [0.717, 1.165) is 19.3 Å². The number of sulfone groups is 1. The summed E-state index contributed by atoms with van der Waals surface area (Å²) in [7, 11) is -2.61. The van der Waals surface area contributed by atoms with E-state index in [1.807, 2.05) is 0 Å². The Morgan fingerprint density at radius 2 is 1.77 bits per heavy atom. The van der Waals surface area contributed by atoms with Crippen LogP contribution in [0.2, 0.25) is 0 Å². The molecule has 6 rings (SSSR count). The molecule has 0 fully saturated rings.